The lowest BCUT2D eigenvalue weighted by atomic mass is 10.2. The van der Waals surface area contributed by atoms with Gasteiger partial charge in [0.25, 0.3) is 5.91 Å². The summed E-state index contributed by atoms with van der Waals surface area (Å²) in [5.41, 5.74) is 3.92. The number of ether oxygens (including phenoxy) is 2. The van der Waals surface area contributed by atoms with E-state index in [1.165, 1.54) is 23.1 Å². The summed E-state index contributed by atoms with van der Waals surface area (Å²) in [7, 11) is 1.62. The Hall–Kier alpha value is -3.30. The van der Waals surface area contributed by atoms with E-state index in [4.69, 9.17) is 9.47 Å². The van der Waals surface area contributed by atoms with Gasteiger partial charge in [-0.15, -0.1) is 11.3 Å². The van der Waals surface area contributed by atoms with Gasteiger partial charge in [0, 0.05) is 16.5 Å². The van der Waals surface area contributed by atoms with Crippen molar-refractivity contribution in [2.45, 2.75) is 13.5 Å². The number of benzene rings is 2. The molecule has 30 heavy (non-hydrogen) atoms. The number of hydrogen-bond donors (Lipinski definition) is 1. The molecule has 2 aromatic carbocycles. The SMILES string of the molecule is COc1cccc(-c2csc(NC(=O)c3ccc(OCc4nsnc4C)cc3)n2)c1. The van der Waals surface area contributed by atoms with Gasteiger partial charge in [-0.3, -0.25) is 10.1 Å². The Morgan fingerprint density at radius 2 is 1.93 bits per heavy atom. The first-order valence-corrected chi connectivity index (χ1v) is 10.7. The third kappa shape index (κ3) is 4.64. The molecule has 0 unspecified atom stereocenters. The predicted molar refractivity (Wildman–Crippen MR) is 117 cm³/mol. The molecule has 1 N–H and O–H groups in total. The molecule has 0 bridgehead atoms. The molecule has 1 amide bonds. The zero-order valence-corrected chi connectivity index (χ0v) is 17.9. The molecule has 0 radical (unpaired) electrons. The summed E-state index contributed by atoms with van der Waals surface area (Å²) < 4.78 is 19.3. The van der Waals surface area contributed by atoms with E-state index in [1.807, 2.05) is 36.6 Å². The quantitative estimate of drug-likeness (QED) is 0.446. The number of carbonyl (C=O) groups excluding carboxylic acids is 1. The number of thiazole rings is 1. The van der Waals surface area contributed by atoms with Gasteiger partial charge in [0.2, 0.25) is 0 Å². The molecule has 0 saturated carbocycles. The highest BCUT2D eigenvalue weighted by atomic mass is 32.1. The summed E-state index contributed by atoms with van der Waals surface area (Å²) in [6.07, 6.45) is 0. The lowest BCUT2D eigenvalue weighted by molar-refractivity contribution is 0.102. The Balaban J connectivity index is 1.38. The topological polar surface area (TPSA) is 86.2 Å². The van der Waals surface area contributed by atoms with Crippen LogP contribution in [0.5, 0.6) is 11.5 Å². The van der Waals surface area contributed by atoms with Crippen LogP contribution < -0.4 is 14.8 Å². The van der Waals surface area contributed by atoms with E-state index in [0.717, 1.165) is 28.4 Å². The summed E-state index contributed by atoms with van der Waals surface area (Å²) in [6, 6.07) is 14.6. The van der Waals surface area contributed by atoms with Crippen LogP contribution >= 0.6 is 23.1 Å². The molecule has 4 aromatic rings. The molecule has 0 fully saturated rings. The van der Waals surface area contributed by atoms with Crippen molar-refractivity contribution in [3.05, 3.63) is 70.9 Å². The zero-order valence-electron chi connectivity index (χ0n) is 16.3. The molecule has 0 atom stereocenters. The van der Waals surface area contributed by atoms with E-state index >= 15 is 0 Å². The molecule has 2 aromatic heterocycles. The van der Waals surface area contributed by atoms with Gasteiger partial charge in [-0.25, -0.2) is 4.98 Å². The van der Waals surface area contributed by atoms with Crippen LogP contribution in [0, 0.1) is 6.92 Å². The van der Waals surface area contributed by atoms with Crippen molar-refractivity contribution in [1.82, 2.24) is 13.7 Å². The Morgan fingerprint density at radius 3 is 2.67 bits per heavy atom. The highest BCUT2D eigenvalue weighted by Gasteiger charge is 2.11. The van der Waals surface area contributed by atoms with E-state index < -0.39 is 0 Å². The minimum Gasteiger partial charge on any atom is -0.497 e. The van der Waals surface area contributed by atoms with Crippen LogP contribution in [-0.2, 0) is 6.61 Å². The molecule has 4 rings (SSSR count). The maximum atomic E-state index is 12.5. The lowest BCUT2D eigenvalue weighted by Crippen LogP contribution is -2.11. The first-order chi connectivity index (χ1) is 14.6. The highest BCUT2D eigenvalue weighted by molar-refractivity contribution is 7.14. The van der Waals surface area contributed by atoms with Crippen LogP contribution in [0.15, 0.2) is 53.9 Å². The third-order valence-corrected chi connectivity index (χ3v) is 5.74. The van der Waals surface area contributed by atoms with E-state index in [-0.39, 0.29) is 5.91 Å². The van der Waals surface area contributed by atoms with Crippen LogP contribution in [-0.4, -0.2) is 26.7 Å². The minimum atomic E-state index is -0.229. The smallest absolute Gasteiger partial charge is 0.257 e. The fourth-order valence-electron chi connectivity index (χ4n) is 2.65. The van der Waals surface area contributed by atoms with Crippen molar-refractivity contribution < 1.29 is 14.3 Å². The first kappa shape index (κ1) is 20.0. The normalized spacial score (nSPS) is 10.6. The highest BCUT2D eigenvalue weighted by Crippen LogP contribution is 2.27. The van der Waals surface area contributed by atoms with Crippen molar-refractivity contribution in [2.24, 2.45) is 0 Å². The molecular formula is C21H18N4O3S2. The number of aromatic nitrogens is 3. The Morgan fingerprint density at radius 1 is 1.10 bits per heavy atom. The number of nitrogens with one attached hydrogen (secondary N) is 1. The summed E-state index contributed by atoms with van der Waals surface area (Å²) in [6.45, 7) is 2.24. The standard InChI is InChI=1S/C21H18N4O3S2/c1-13-18(25-30-24-13)11-28-16-8-6-14(7-9-16)20(26)23-21-22-19(12-29-21)15-4-3-5-17(10-15)27-2/h3-10,12H,11H2,1-2H3,(H,22,23,26). The Bertz CT molecular complexity index is 1160. The molecule has 7 nitrogen and oxygen atoms in total. The van der Waals surface area contributed by atoms with E-state index in [0.29, 0.717) is 23.1 Å². The first-order valence-electron chi connectivity index (χ1n) is 9.04. The number of hydrogen-bond acceptors (Lipinski definition) is 8. The van der Waals surface area contributed by atoms with Gasteiger partial charge in [-0.1, -0.05) is 12.1 Å². The fraction of sp³-hybridized carbons (Fsp3) is 0.143. The van der Waals surface area contributed by atoms with E-state index in [1.54, 1.807) is 31.4 Å². The second-order valence-electron chi connectivity index (χ2n) is 6.33. The molecule has 0 aliphatic rings. The average molecular weight is 439 g/mol. The van der Waals surface area contributed by atoms with Crippen molar-refractivity contribution >= 4 is 34.1 Å². The molecule has 0 saturated heterocycles. The third-order valence-electron chi connectivity index (χ3n) is 4.33. The predicted octanol–water partition coefficient (Wildman–Crippen LogP) is 4.81. The number of methoxy groups -OCH3 is 1. The molecule has 0 aliphatic heterocycles. The second kappa shape index (κ2) is 9.02. The van der Waals surface area contributed by atoms with Crippen molar-refractivity contribution in [2.75, 3.05) is 12.4 Å². The maximum Gasteiger partial charge on any atom is 0.257 e. The molecule has 152 valence electrons. The molecule has 2 heterocycles. The number of rotatable bonds is 7. The van der Waals surface area contributed by atoms with Gasteiger partial charge in [0.15, 0.2) is 5.13 Å². The largest absolute Gasteiger partial charge is 0.497 e. The van der Waals surface area contributed by atoms with Crippen molar-refractivity contribution in [1.29, 1.82) is 0 Å². The van der Waals surface area contributed by atoms with Crippen molar-refractivity contribution in [3.63, 3.8) is 0 Å². The van der Waals surface area contributed by atoms with Crippen LogP contribution in [0.1, 0.15) is 21.7 Å². The van der Waals surface area contributed by atoms with Gasteiger partial charge in [-0.2, -0.15) is 8.75 Å². The van der Waals surface area contributed by atoms with Crippen LogP contribution in [0.2, 0.25) is 0 Å². The van der Waals surface area contributed by atoms with Crippen LogP contribution in [0.3, 0.4) is 0 Å². The summed E-state index contributed by atoms with van der Waals surface area (Å²) in [5.74, 6) is 1.19. The Kier molecular flexibility index (Phi) is 6.01. The van der Waals surface area contributed by atoms with Gasteiger partial charge < -0.3 is 9.47 Å². The number of anilines is 1. The summed E-state index contributed by atoms with van der Waals surface area (Å²) in [4.78, 5) is 17.0. The monoisotopic (exact) mass is 438 g/mol. The van der Waals surface area contributed by atoms with Gasteiger partial charge in [-0.05, 0) is 43.3 Å². The van der Waals surface area contributed by atoms with Gasteiger partial charge in [0.05, 0.1) is 30.2 Å². The minimum absolute atomic E-state index is 0.229. The molecule has 9 heteroatoms. The average Bonchev–Trinajstić information content (AvgIpc) is 3.41. The second-order valence-corrected chi connectivity index (χ2v) is 7.72. The maximum absolute atomic E-state index is 12.5. The lowest BCUT2D eigenvalue weighted by Gasteiger charge is -2.06. The zero-order chi connectivity index (χ0) is 20.9. The Labute approximate surface area is 181 Å². The fourth-order valence-corrected chi connectivity index (χ4v) is 3.92. The van der Waals surface area contributed by atoms with Crippen LogP contribution in [0.4, 0.5) is 5.13 Å². The molecule has 0 spiro atoms. The summed E-state index contributed by atoms with van der Waals surface area (Å²) in [5, 5.41) is 5.27. The summed E-state index contributed by atoms with van der Waals surface area (Å²) >= 11 is 2.54. The van der Waals surface area contributed by atoms with Gasteiger partial charge in [0.1, 0.15) is 23.8 Å². The molecular weight excluding hydrogens is 420 g/mol. The number of amides is 1. The van der Waals surface area contributed by atoms with Gasteiger partial charge >= 0.3 is 0 Å². The number of carbonyl (C=O) groups is 1. The van der Waals surface area contributed by atoms with E-state index in [9.17, 15) is 4.79 Å². The number of nitrogens with zero attached hydrogens (tertiary/aromatic N) is 3. The van der Waals surface area contributed by atoms with Crippen molar-refractivity contribution in [3.8, 4) is 22.8 Å². The van der Waals surface area contributed by atoms with E-state index in [2.05, 4.69) is 19.0 Å². The number of aryl methyl sites for hydroxylation is 1. The van der Waals surface area contributed by atoms with Crippen LogP contribution in [0.25, 0.3) is 11.3 Å². The molecule has 0 aliphatic carbocycles.